The third-order valence-corrected chi connectivity index (χ3v) is 6.69. The molecule has 0 saturated carbocycles. The minimum absolute atomic E-state index is 0. The number of nitrogens with zero attached hydrogens (tertiary/aromatic N) is 1. The fourth-order valence-electron chi connectivity index (χ4n) is 4.56. The van der Waals surface area contributed by atoms with Gasteiger partial charge in [0.25, 0.3) is 0 Å². The molecule has 218 valence electrons. The van der Waals surface area contributed by atoms with Crippen molar-refractivity contribution in [3.05, 3.63) is 47.5 Å². The standard InChI is InChI=1S/C28H39N3O6.2ClH/c1-29(2)11-7-17-37-23-9-6-8-21(18-23)24(32)10-12-30-13-15-31(16-14-30)28(33)22-19-25(34-3)27(36-5)26(20-22)35-4;;/h6,8-9,18-20H,7,10-17H2,1-5H3;2*1H. The van der Waals surface area contributed by atoms with Crippen LogP contribution in [0.2, 0.25) is 0 Å². The highest BCUT2D eigenvalue weighted by atomic mass is 35.5. The van der Waals surface area contributed by atoms with Crippen LogP contribution in [0.25, 0.3) is 0 Å². The molecule has 1 saturated heterocycles. The van der Waals surface area contributed by atoms with Crippen LogP contribution >= 0.6 is 0 Å². The second-order valence-corrected chi connectivity index (χ2v) is 9.55. The SMILES string of the molecule is COc1cc(C(=O)[NH+]2CC[NH+](CCC(=O)c3cccc(OCCCN(C)C)c3)CC2)cc(OC)c1OC.[Cl-].[Cl-]. The van der Waals surface area contributed by atoms with Gasteiger partial charge in [0.2, 0.25) is 5.75 Å². The maximum absolute atomic E-state index is 13.2. The topological polar surface area (TPSA) is 83.2 Å². The summed E-state index contributed by atoms with van der Waals surface area (Å²) < 4.78 is 22.0. The summed E-state index contributed by atoms with van der Waals surface area (Å²) in [7, 11) is 8.69. The van der Waals surface area contributed by atoms with E-state index in [1.165, 1.54) is 26.2 Å². The number of piperazine rings is 1. The van der Waals surface area contributed by atoms with E-state index in [4.69, 9.17) is 18.9 Å². The first-order valence-corrected chi connectivity index (χ1v) is 12.8. The van der Waals surface area contributed by atoms with Gasteiger partial charge in [-0.3, -0.25) is 9.69 Å². The van der Waals surface area contributed by atoms with Crippen molar-refractivity contribution in [3.63, 3.8) is 0 Å². The molecule has 1 aliphatic heterocycles. The molecule has 0 bridgehead atoms. The number of hydrogen-bond donors (Lipinski definition) is 2. The van der Waals surface area contributed by atoms with Crippen molar-refractivity contribution in [3.8, 4) is 23.0 Å². The van der Waals surface area contributed by atoms with E-state index in [2.05, 4.69) is 4.90 Å². The second-order valence-electron chi connectivity index (χ2n) is 9.55. The van der Waals surface area contributed by atoms with Crippen LogP contribution in [-0.2, 0) is 0 Å². The first kappa shape index (κ1) is 34.5. The van der Waals surface area contributed by atoms with Crippen molar-refractivity contribution < 1.29 is 63.2 Å². The Morgan fingerprint density at radius 2 is 1.51 bits per heavy atom. The Hall–Kier alpha value is -2.56. The third-order valence-electron chi connectivity index (χ3n) is 6.69. The number of carbonyl (C=O) groups is 2. The summed E-state index contributed by atoms with van der Waals surface area (Å²) in [5.41, 5.74) is 1.22. The molecule has 1 aliphatic rings. The minimum atomic E-state index is 0. The number of halogens is 2. The number of quaternary nitrogens is 2. The molecule has 0 aliphatic carbocycles. The lowest BCUT2D eigenvalue weighted by atomic mass is 10.1. The molecular formula is C28H41Cl2N3O6. The van der Waals surface area contributed by atoms with E-state index < -0.39 is 0 Å². The molecule has 1 amide bonds. The van der Waals surface area contributed by atoms with Crippen molar-refractivity contribution in [2.75, 3.05) is 81.3 Å². The highest BCUT2D eigenvalue weighted by Gasteiger charge is 2.31. The van der Waals surface area contributed by atoms with Gasteiger partial charge in [0.15, 0.2) is 17.3 Å². The quantitative estimate of drug-likeness (QED) is 0.179. The Kier molecular flexibility index (Phi) is 15.2. The minimum Gasteiger partial charge on any atom is -1.00 e. The van der Waals surface area contributed by atoms with E-state index in [9.17, 15) is 9.59 Å². The zero-order valence-electron chi connectivity index (χ0n) is 23.5. The molecule has 0 atom stereocenters. The number of hydrogen-bond acceptors (Lipinski definition) is 7. The lowest BCUT2D eigenvalue weighted by Gasteiger charge is -2.28. The monoisotopic (exact) mass is 585 g/mol. The zero-order valence-corrected chi connectivity index (χ0v) is 25.0. The number of Topliss-reactive ketones (excluding diaryl/α,β-unsaturated/α-hetero) is 1. The Labute approximate surface area is 244 Å². The van der Waals surface area contributed by atoms with Crippen LogP contribution in [0, 0.1) is 0 Å². The van der Waals surface area contributed by atoms with Crippen molar-refractivity contribution in [2.45, 2.75) is 12.8 Å². The number of benzene rings is 2. The molecule has 9 nitrogen and oxygen atoms in total. The Morgan fingerprint density at radius 3 is 2.08 bits per heavy atom. The molecule has 11 heteroatoms. The Morgan fingerprint density at radius 1 is 0.872 bits per heavy atom. The lowest BCUT2D eigenvalue weighted by Crippen LogP contribution is -3.29. The van der Waals surface area contributed by atoms with Gasteiger partial charge in [0, 0.05) is 24.2 Å². The van der Waals surface area contributed by atoms with Gasteiger partial charge in [0.1, 0.15) is 31.9 Å². The number of carbonyl (C=O) groups excluding carboxylic acids is 2. The first-order chi connectivity index (χ1) is 17.9. The molecule has 2 N–H and O–H groups in total. The van der Waals surface area contributed by atoms with Gasteiger partial charge in [0.05, 0.1) is 46.5 Å². The molecule has 0 unspecified atom stereocenters. The van der Waals surface area contributed by atoms with Crippen LogP contribution < -0.4 is 53.6 Å². The average Bonchev–Trinajstić information content (AvgIpc) is 2.93. The van der Waals surface area contributed by atoms with E-state index in [-0.39, 0.29) is 36.5 Å². The normalized spacial score (nSPS) is 16.5. The number of methoxy groups -OCH3 is 3. The third kappa shape index (κ3) is 9.85. The van der Waals surface area contributed by atoms with Gasteiger partial charge in [-0.1, -0.05) is 12.1 Å². The Bertz CT molecular complexity index is 1040. The molecule has 39 heavy (non-hydrogen) atoms. The molecule has 0 aromatic heterocycles. The molecule has 1 fully saturated rings. The summed E-state index contributed by atoms with van der Waals surface area (Å²) >= 11 is 0. The van der Waals surface area contributed by atoms with Gasteiger partial charge in [-0.05, 0) is 32.6 Å². The molecule has 0 radical (unpaired) electrons. The summed E-state index contributed by atoms with van der Waals surface area (Å²) in [6, 6.07) is 10.9. The molecule has 2 aromatic carbocycles. The largest absolute Gasteiger partial charge is 1.00 e. The highest BCUT2D eigenvalue weighted by Crippen LogP contribution is 2.38. The smallest absolute Gasteiger partial charge is 0.344 e. The van der Waals surface area contributed by atoms with E-state index in [1.807, 2.05) is 38.4 Å². The maximum Gasteiger partial charge on any atom is 0.344 e. The fourth-order valence-corrected chi connectivity index (χ4v) is 4.56. The van der Waals surface area contributed by atoms with Crippen LogP contribution in [0.3, 0.4) is 0 Å². The highest BCUT2D eigenvalue weighted by molar-refractivity contribution is 5.96. The van der Waals surface area contributed by atoms with E-state index in [1.54, 1.807) is 12.1 Å². The maximum atomic E-state index is 13.2. The summed E-state index contributed by atoms with van der Waals surface area (Å²) in [5, 5.41) is 0. The fraction of sp³-hybridized carbons (Fsp3) is 0.500. The van der Waals surface area contributed by atoms with Crippen LogP contribution in [0.1, 0.15) is 33.6 Å². The van der Waals surface area contributed by atoms with Crippen molar-refractivity contribution in [1.82, 2.24) is 4.90 Å². The second kappa shape index (κ2) is 17.2. The number of ketones is 1. The van der Waals surface area contributed by atoms with Crippen molar-refractivity contribution in [2.24, 2.45) is 0 Å². The molecule has 0 spiro atoms. The van der Waals surface area contributed by atoms with Gasteiger partial charge < -0.3 is 53.6 Å². The van der Waals surface area contributed by atoms with E-state index in [0.717, 1.165) is 43.2 Å². The van der Waals surface area contributed by atoms with Gasteiger partial charge in [-0.2, -0.15) is 0 Å². The van der Waals surface area contributed by atoms with Crippen molar-refractivity contribution >= 4 is 11.7 Å². The van der Waals surface area contributed by atoms with Crippen LogP contribution in [0.4, 0.5) is 0 Å². The number of ether oxygens (including phenoxy) is 4. The van der Waals surface area contributed by atoms with Gasteiger partial charge in [-0.15, -0.1) is 0 Å². The molecule has 1 heterocycles. The lowest BCUT2D eigenvalue weighted by molar-refractivity contribution is -0.979. The first-order valence-electron chi connectivity index (χ1n) is 12.8. The Balaban J connectivity index is 0.00000380. The number of nitrogens with one attached hydrogen (secondary N) is 2. The average molecular weight is 587 g/mol. The number of amides is 1. The summed E-state index contributed by atoms with van der Waals surface area (Å²) in [6.07, 6.45) is 1.40. The van der Waals surface area contributed by atoms with Crippen molar-refractivity contribution in [1.29, 1.82) is 0 Å². The summed E-state index contributed by atoms with van der Waals surface area (Å²) in [5.74, 6) is 2.27. The van der Waals surface area contributed by atoms with Crippen LogP contribution in [-0.4, -0.2) is 97.9 Å². The zero-order chi connectivity index (χ0) is 26.8. The molecule has 2 aromatic rings. The number of rotatable bonds is 13. The van der Waals surface area contributed by atoms with Gasteiger partial charge in [-0.25, -0.2) is 4.79 Å². The summed E-state index contributed by atoms with van der Waals surface area (Å²) in [4.78, 5) is 30.4. The van der Waals surface area contributed by atoms with Crippen LogP contribution in [0.5, 0.6) is 23.0 Å². The predicted octanol–water partition coefficient (Wildman–Crippen LogP) is -5.75. The van der Waals surface area contributed by atoms with E-state index >= 15 is 0 Å². The summed E-state index contributed by atoms with van der Waals surface area (Å²) in [6.45, 7) is 5.40. The van der Waals surface area contributed by atoms with E-state index in [0.29, 0.717) is 54.5 Å². The molecular weight excluding hydrogens is 545 g/mol. The van der Waals surface area contributed by atoms with Gasteiger partial charge >= 0.3 is 5.91 Å². The molecule has 3 rings (SSSR count). The predicted molar refractivity (Wildman–Crippen MR) is 141 cm³/mol. The van der Waals surface area contributed by atoms with Crippen LogP contribution in [0.15, 0.2) is 36.4 Å².